The predicted molar refractivity (Wildman–Crippen MR) is 101 cm³/mol. The van der Waals surface area contributed by atoms with Gasteiger partial charge in [0.25, 0.3) is 5.91 Å². The van der Waals surface area contributed by atoms with Crippen molar-refractivity contribution in [1.82, 2.24) is 9.88 Å². The molecule has 0 bridgehead atoms. The first kappa shape index (κ1) is 17.8. The molecule has 1 aliphatic rings. The molecule has 1 aromatic heterocycles. The van der Waals surface area contributed by atoms with Crippen molar-refractivity contribution >= 4 is 23.5 Å². The molecule has 2 heterocycles. The summed E-state index contributed by atoms with van der Waals surface area (Å²) in [5.74, 6) is 0.740. The second-order valence-electron chi connectivity index (χ2n) is 5.98. The van der Waals surface area contributed by atoms with Crippen LogP contribution in [0.5, 0.6) is 0 Å². The highest BCUT2D eigenvalue weighted by Crippen LogP contribution is 2.21. The Kier molecular flexibility index (Phi) is 5.94. The summed E-state index contributed by atoms with van der Waals surface area (Å²) in [5.41, 5.74) is 1.76. The fourth-order valence-corrected chi connectivity index (χ4v) is 3.28. The van der Waals surface area contributed by atoms with Gasteiger partial charge in [-0.05, 0) is 36.1 Å². The number of benzene rings is 1. The first-order valence-electron chi connectivity index (χ1n) is 8.35. The van der Waals surface area contributed by atoms with Gasteiger partial charge in [-0.2, -0.15) is 0 Å². The number of carbonyl (C=O) groups is 1. The zero-order chi connectivity index (χ0) is 17.6. The predicted octanol–water partition coefficient (Wildman–Crippen LogP) is 2.91. The summed E-state index contributed by atoms with van der Waals surface area (Å²) < 4.78 is 5.40. The Morgan fingerprint density at radius 1 is 1.24 bits per heavy atom. The van der Waals surface area contributed by atoms with Crippen LogP contribution in [0.1, 0.15) is 15.9 Å². The van der Waals surface area contributed by atoms with Crippen molar-refractivity contribution in [2.45, 2.75) is 11.4 Å². The van der Waals surface area contributed by atoms with Gasteiger partial charge in [0.2, 0.25) is 0 Å². The van der Waals surface area contributed by atoms with Gasteiger partial charge < -0.3 is 14.5 Å². The molecule has 0 atom stereocenters. The van der Waals surface area contributed by atoms with Crippen LogP contribution in [0, 0.1) is 0 Å². The van der Waals surface area contributed by atoms with Gasteiger partial charge in [-0.3, -0.25) is 4.79 Å². The number of thioether (sulfide) groups is 1. The maximum Gasteiger partial charge on any atom is 0.257 e. The molecule has 5 nitrogen and oxygen atoms in total. The lowest BCUT2D eigenvalue weighted by Crippen LogP contribution is -2.38. The molecule has 0 unspecified atom stereocenters. The second kappa shape index (κ2) is 8.36. The fourth-order valence-electron chi connectivity index (χ4n) is 2.87. The lowest BCUT2D eigenvalue weighted by Gasteiger charge is -2.30. The number of anilines is 1. The number of amides is 1. The van der Waals surface area contributed by atoms with E-state index in [0.29, 0.717) is 25.3 Å². The molecule has 0 saturated carbocycles. The first-order valence-corrected chi connectivity index (χ1v) is 9.57. The Morgan fingerprint density at radius 3 is 2.64 bits per heavy atom. The average Bonchev–Trinajstić information content (AvgIpc) is 2.68. The van der Waals surface area contributed by atoms with Gasteiger partial charge in [0.15, 0.2) is 0 Å². The highest BCUT2D eigenvalue weighted by molar-refractivity contribution is 7.98. The topological polar surface area (TPSA) is 45.7 Å². The van der Waals surface area contributed by atoms with Gasteiger partial charge in [0, 0.05) is 37.8 Å². The minimum absolute atomic E-state index is 0.0106. The van der Waals surface area contributed by atoms with Gasteiger partial charge in [-0.1, -0.05) is 12.1 Å². The van der Waals surface area contributed by atoms with Crippen molar-refractivity contribution in [3.05, 3.63) is 53.7 Å². The van der Waals surface area contributed by atoms with Crippen molar-refractivity contribution in [3.63, 3.8) is 0 Å². The molecule has 3 rings (SSSR count). The van der Waals surface area contributed by atoms with Crippen molar-refractivity contribution in [1.29, 1.82) is 0 Å². The minimum Gasteiger partial charge on any atom is -0.378 e. The van der Waals surface area contributed by atoms with Crippen LogP contribution in [0.2, 0.25) is 0 Å². The van der Waals surface area contributed by atoms with E-state index in [1.165, 1.54) is 4.90 Å². The van der Waals surface area contributed by atoms with E-state index >= 15 is 0 Å². The zero-order valence-corrected chi connectivity index (χ0v) is 15.5. The second-order valence-corrected chi connectivity index (χ2v) is 6.86. The number of hydrogen-bond acceptors (Lipinski definition) is 5. The van der Waals surface area contributed by atoms with Gasteiger partial charge in [-0.15, -0.1) is 11.8 Å². The molecule has 132 valence electrons. The summed E-state index contributed by atoms with van der Waals surface area (Å²) in [6, 6.07) is 12.0. The molecule has 2 aromatic rings. The highest BCUT2D eigenvalue weighted by Gasteiger charge is 2.22. The molecule has 1 saturated heterocycles. The molecular weight excluding hydrogens is 334 g/mol. The van der Waals surface area contributed by atoms with E-state index in [1.54, 1.807) is 22.9 Å². The van der Waals surface area contributed by atoms with Crippen LogP contribution >= 0.6 is 11.8 Å². The first-order chi connectivity index (χ1) is 12.2. The molecular formula is C19H23N3O2S. The molecule has 1 aliphatic heterocycles. The Balaban J connectivity index is 1.75. The summed E-state index contributed by atoms with van der Waals surface area (Å²) >= 11 is 1.71. The van der Waals surface area contributed by atoms with E-state index in [0.717, 1.165) is 24.5 Å². The summed E-state index contributed by atoms with van der Waals surface area (Å²) in [7, 11) is 1.83. The Labute approximate surface area is 153 Å². The molecule has 1 fully saturated rings. The maximum absolute atomic E-state index is 13.0. The van der Waals surface area contributed by atoms with Crippen molar-refractivity contribution in [2.75, 3.05) is 44.5 Å². The van der Waals surface area contributed by atoms with Crippen LogP contribution in [0.3, 0.4) is 0 Å². The van der Waals surface area contributed by atoms with Crippen LogP contribution in [0.4, 0.5) is 5.82 Å². The van der Waals surface area contributed by atoms with Crippen molar-refractivity contribution in [2.24, 2.45) is 0 Å². The number of rotatable bonds is 5. The Bertz CT molecular complexity index is 715. The summed E-state index contributed by atoms with van der Waals surface area (Å²) in [6.07, 6.45) is 3.79. The highest BCUT2D eigenvalue weighted by atomic mass is 32.2. The van der Waals surface area contributed by atoms with Gasteiger partial charge in [0.1, 0.15) is 5.82 Å². The van der Waals surface area contributed by atoms with Gasteiger partial charge in [0.05, 0.1) is 18.8 Å². The molecule has 0 aliphatic carbocycles. The van der Waals surface area contributed by atoms with Crippen LogP contribution in [0.15, 0.2) is 47.5 Å². The number of carbonyl (C=O) groups excluding carboxylic acids is 1. The lowest BCUT2D eigenvalue weighted by molar-refractivity contribution is 0.0784. The Morgan fingerprint density at radius 2 is 1.96 bits per heavy atom. The number of hydrogen-bond donors (Lipinski definition) is 0. The lowest BCUT2D eigenvalue weighted by atomic mass is 10.1. The number of ether oxygens (including phenoxy) is 1. The normalized spacial score (nSPS) is 14.4. The van der Waals surface area contributed by atoms with Gasteiger partial charge in [-0.25, -0.2) is 4.98 Å². The Hall–Kier alpha value is -2.05. The summed E-state index contributed by atoms with van der Waals surface area (Å²) in [5, 5.41) is 0. The molecule has 1 aromatic carbocycles. The maximum atomic E-state index is 13.0. The molecule has 6 heteroatoms. The third kappa shape index (κ3) is 4.32. The molecule has 0 radical (unpaired) electrons. The smallest absolute Gasteiger partial charge is 0.257 e. The molecule has 0 spiro atoms. The number of morpholine rings is 1. The average molecular weight is 357 g/mol. The SMILES string of the molecule is CSc1ccc(CN(C)C(=O)c2cccnc2N2CCOCC2)cc1. The van der Waals surface area contributed by atoms with E-state index in [2.05, 4.69) is 40.4 Å². The molecule has 25 heavy (non-hydrogen) atoms. The minimum atomic E-state index is -0.0106. The van der Waals surface area contributed by atoms with Crippen LogP contribution in [-0.2, 0) is 11.3 Å². The van der Waals surface area contributed by atoms with E-state index < -0.39 is 0 Å². The zero-order valence-electron chi connectivity index (χ0n) is 14.6. The standard InChI is InChI=1S/C19H23N3O2S/c1-21(14-15-5-7-16(25-2)8-6-15)19(23)17-4-3-9-20-18(17)22-10-12-24-13-11-22/h3-9H,10-14H2,1-2H3. The van der Waals surface area contributed by atoms with Crippen molar-refractivity contribution < 1.29 is 9.53 Å². The third-order valence-electron chi connectivity index (χ3n) is 4.25. The summed E-state index contributed by atoms with van der Waals surface area (Å²) in [4.78, 5) is 22.5. The molecule has 1 amide bonds. The number of aromatic nitrogens is 1. The van der Waals surface area contributed by atoms with E-state index in [-0.39, 0.29) is 5.91 Å². The van der Waals surface area contributed by atoms with E-state index in [4.69, 9.17) is 4.74 Å². The van der Waals surface area contributed by atoms with Gasteiger partial charge >= 0.3 is 0 Å². The summed E-state index contributed by atoms with van der Waals surface area (Å²) in [6.45, 7) is 3.43. The molecule has 0 N–H and O–H groups in total. The van der Waals surface area contributed by atoms with Crippen LogP contribution in [-0.4, -0.2) is 55.4 Å². The van der Waals surface area contributed by atoms with Crippen LogP contribution < -0.4 is 4.90 Å². The fraction of sp³-hybridized carbons (Fsp3) is 0.368. The largest absolute Gasteiger partial charge is 0.378 e. The monoisotopic (exact) mass is 357 g/mol. The number of pyridine rings is 1. The third-order valence-corrected chi connectivity index (χ3v) is 5.00. The number of nitrogens with zero attached hydrogens (tertiary/aromatic N) is 3. The quantitative estimate of drug-likeness (QED) is 0.770. The van der Waals surface area contributed by atoms with E-state index in [9.17, 15) is 4.79 Å². The van der Waals surface area contributed by atoms with Crippen LogP contribution in [0.25, 0.3) is 0 Å². The van der Waals surface area contributed by atoms with E-state index in [1.807, 2.05) is 19.2 Å². The van der Waals surface area contributed by atoms with Crippen molar-refractivity contribution in [3.8, 4) is 0 Å².